The molecule has 0 aliphatic carbocycles. The summed E-state index contributed by atoms with van der Waals surface area (Å²) in [5.41, 5.74) is 1.16. The number of nitrogens with zero attached hydrogens (tertiary/aromatic N) is 4. The second kappa shape index (κ2) is 6.30. The van der Waals surface area contributed by atoms with Gasteiger partial charge in [0.1, 0.15) is 5.82 Å². The van der Waals surface area contributed by atoms with Crippen molar-refractivity contribution in [1.82, 2.24) is 19.5 Å². The molecule has 1 N–H and O–H groups in total. The quantitative estimate of drug-likeness (QED) is 0.801. The van der Waals surface area contributed by atoms with Gasteiger partial charge in [-0.2, -0.15) is 0 Å². The molecule has 1 aliphatic rings. The van der Waals surface area contributed by atoms with E-state index in [0.29, 0.717) is 12.1 Å². The number of rotatable bonds is 4. The summed E-state index contributed by atoms with van der Waals surface area (Å²) in [6.07, 6.45) is 3.08. The molecule has 1 saturated heterocycles. The molecule has 1 aliphatic heterocycles. The highest BCUT2D eigenvalue weighted by Gasteiger charge is 2.31. The van der Waals surface area contributed by atoms with Gasteiger partial charge in [0, 0.05) is 18.3 Å². The van der Waals surface area contributed by atoms with Crippen LogP contribution >= 0.6 is 0 Å². The van der Waals surface area contributed by atoms with E-state index in [9.17, 15) is 9.50 Å². The summed E-state index contributed by atoms with van der Waals surface area (Å²) < 4.78 is 15.9. The zero-order valence-corrected chi connectivity index (χ0v) is 13.2. The van der Waals surface area contributed by atoms with Gasteiger partial charge in [-0.1, -0.05) is 24.3 Å². The smallest absolute Gasteiger partial charge is 0.160 e. The number of likely N-dealkylation sites (tertiary alicyclic amines) is 1. The predicted molar refractivity (Wildman–Crippen MR) is 87.9 cm³/mol. The molecule has 1 fully saturated rings. The van der Waals surface area contributed by atoms with E-state index in [2.05, 4.69) is 15.1 Å². The monoisotopic (exact) mass is 326 g/mol. The van der Waals surface area contributed by atoms with Gasteiger partial charge in [0.05, 0.1) is 12.1 Å². The summed E-state index contributed by atoms with van der Waals surface area (Å²) in [4.78, 5) is 2.17. The number of benzene rings is 1. The van der Waals surface area contributed by atoms with Gasteiger partial charge < -0.3 is 5.11 Å². The van der Waals surface area contributed by atoms with Crippen molar-refractivity contribution in [3.63, 3.8) is 0 Å². The van der Waals surface area contributed by atoms with Gasteiger partial charge >= 0.3 is 0 Å². The third-order valence-corrected chi connectivity index (χ3v) is 4.67. The van der Waals surface area contributed by atoms with E-state index < -0.39 is 6.10 Å². The molecule has 24 heavy (non-hydrogen) atoms. The Labute approximate surface area is 139 Å². The zero-order valence-electron chi connectivity index (χ0n) is 13.2. The first-order valence-corrected chi connectivity index (χ1v) is 8.20. The average molecular weight is 326 g/mol. The predicted octanol–water partition coefficient (Wildman–Crippen LogP) is 2.74. The van der Waals surface area contributed by atoms with Gasteiger partial charge in [-0.3, -0.25) is 9.30 Å². The molecule has 3 heterocycles. The fourth-order valence-corrected chi connectivity index (χ4v) is 3.49. The van der Waals surface area contributed by atoms with Crippen molar-refractivity contribution in [3.05, 3.63) is 65.9 Å². The van der Waals surface area contributed by atoms with Crippen LogP contribution in [0.15, 0.2) is 48.7 Å². The van der Waals surface area contributed by atoms with Crippen LogP contribution in [0.4, 0.5) is 4.39 Å². The molecule has 0 bridgehead atoms. The third kappa shape index (κ3) is 2.68. The lowest BCUT2D eigenvalue weighted by Crippen LogP contribution is -2.29. The molecule has 0 saturated carbocycles. The Bertz CT molecular complexity index is 850. The first-order valence-electron chi connectivity index (χ1n) is 8.20. The molecule has 0 amide bonds. The lowest BCUT2D eigenvalue weighted by Gasteiger charge is -2.26. The molecule has 0 unspecified atom stereocenters. The number of fused-ring (bicyclic) bond motifs is 1. The first kappa shape index (κ1) is 15.2. The van der Waals surface area contributed by atoms with Crippen molar-refractivity contribution in [2.45, 2.75) is 25.0 Å². The Hall–Kier alpha value is -2.31. The van der Waals surface area contributed by atoms with E-state index in [1.807, 2.05) is 28.8 Å². The van der Waals surface area contributed by atoms with Crippen LogP contribution in [0.5, 0.6) is 0 Å². The summed E-state index contributed by atoms with van der Waals surface area (Å²) in [5, 5.41) is 19.0. The van der Waals surface area contributed by atoms with Crippen LogP contribution in [0, 0.1) is 5.82 Å². The van der Waals surface area contributed by atoms with Crippen molar-refractivity contribution >= 4 is 5.65 Å². The second-order valence-electron chi connectivity index (χ2n) is 6.18. The fourth-order valence-electron chi connectivity index (χ4n) is 3.49. The van der Waals surface area contributed by atoms with Crippen LogP contribution in [-0.4, -0.2) is 37.7 Å². The number of pyridine rings is 1. The summed E-state index contributed by atoms with van der Waals surface area (Å²) in [6, 6.07) is 12.3. The van der Waals surface area contributed by atoms with Gasteiger partial charge in [-0.05, 0) is 37.6 Å². The third-order valence-electron chi connectivity index (χ3n) is 4.67. The van der Waals surface area contributed by atoms with E-state index in [0.717, 1.165) is 30.9 Å². The van der Waals surface area contributed by atoms with Gasteiger partial charge in [-0.25, -0.2) is 4.39 Å². The number of aromatic nitrogens is 3. The van der Waals surface area contributed by atoms with E-state index in [1.165, 1.54) is 6.07 Å². The van der Waals surface area contributed by atoms with Gasteiger partial charge in [-0.15, -0.1) is 10.2 Å². The van der Waals surface area contributed by atoms with Crippen LogP contribution in [0.2, 0.25) is 0 Å². The molecule has 2 aromatic heterocycles. The van der Waals surface area contributed by atoms with Crippen molar-refractivity contribution < 1.29 is 9.50 Å². The van der Waals surface area contributed by atoms with Crippen molar-refractivity contribution in [2.24, 2.45) is 0 Å². The second-order valence-corrected chi connectivity index (χ2v) is 6.18. The lowest BCUT2D eigenvalue weighted by atomic mass is 10.1. The van der Waals surface area contributed by atoms with Gasteiger partial charge in [0.25, 0.3) is 0 Å². The van der Waals surface area contributed by atoms with Crippen molar-refractivity contribution in [2.75, 3.05) is 13.1 Å². The van der Waals surface area contributed by atoms with Crippen molar-refractivity contribution in [1.29, 1.82) is 0 Å². The van der Waals surface area contributed by atoms with E-state index >= 15 is 0 Å². The van der Waals surface area contributed by atoms with E-state index in [1.54, 1.807) is 18.2 Å². The zero-order chi connectivity index (χ0) is 16.5. The fraction of sp³-hybridized carbons (Fsp3) is 0.333. The number of hydrogen-bond donors (Lipinski definition) is 1. The minimum Gasteiger partial charge on any atom is -0.387 e. The van der Waals surface area contributed by atoms with Crippen molar-refractivity contribution in [3.8, 4) is 0 Å². The minimum atomic E-state index is -0.856. The van der Waals surface area contributed by atoms with E-state index in [-0.39, 0.29) is 11.9 Å². The van der Waals surface area contributed by atoms with E-state index in [4.69, 9.17) is 0 Å². The Morgan fingerprint density at radius 2 is 2.00 bits per heavy atom. The van der Waals surface area contributed by atoms with Gasteiger partial charge in [0.2, 0.25) is 0 Å². The van der Waals surface area contributed by atoms with Crippen LogP contribution in [0.3, 0.4) is 0 Å². The molecule has 1 aromatic carbocycles. The molecule has 2 atom stereocenters. The molecule has 124 valence electrons. The normalized spacial score (nSPS) is 19.8. The van der Waals surface area contributed by atoms with Gasteiger partial charge in [0.15, 0.2) is 11.5 Å². The highest BCUT2D eigenvalue weighted by Crippen LogP contribution is 2.33. The topological polar surface area (TPSA) is 53.7 Å². The summed E-state index contributed by atoms with van der Waals surface area (Å²) in [6.45, 7) is 1.24. The molecule has 4 rings (SSSR count). The maximum Gasteiger partial charge on any atom is 0.160 e. The standard InChI is InChI=1S/C18H19FN4O/c19-14-7-2-1-6-13(14)16(24)12-22-10-5-8-15(22)18-21-20-17-9-3-4-11-23(17)18/h1-4,6-7,9,11,15-16,24H,5,8,10,12H2/t15-,16-/m0/s1. The van der Waals surface area contributed by atoms with Crippen LogP contribution in [0.25, 0.3) is 5.65 Å². The number of hydrogen-bond acceptors (Lipinski definition) is 4. The molecule has 6 heteroatoms. The number of aliphatic hydroxyl groups is 1. The number of halogens is 1. The Morgan fingerprint density at radius 1 is 1.17 bits per heavy atom. The molecule has 0 radical (unpaired) electrons. The first-order chi connectivity index (χ1) is 11.7. The lowest BCUT2D eigenvalue weighted by molar-refractivity contribution is 0.101. The number of aliphatic hydroxyl groups excluding tert-OH is 1. The Balaban J connectivity index is 1.58. The molecular formula is C18H19FN4O. The highest BCUT2D eigenvalue weighted by molar-refractivity contribution is 5.37. The molecule has 0 spiro atoms. The Morgan fingerprint density at radius 3 is 2.88 bits per heavy atom. The van der Waals surface area contributed by atoms with Crippen LogP contribution < -0.4 is 0 Å². The average Bonchev–Trinajstić information content (AvgIpc) is 3.21. The summed E-state index contributed by atoms with van der Waals surface area (Å²) in [7, 11) is 0. The van der Waals surface area contributed by atoms with Crippen LogP contribution in [0.1, 0.15) is 36.4 Å². The molecular weight excluding hydrogens is 307 g/mol. The highest BCUT2D eigenvalue weighted by atomic mass is 19.1. The maximum absolute atomic E-state index is 13.9. The summed E-state index contributed by atoms with van der Waals surface area (Å²) in [5.74, 6) is 0.512. The van der Waals surface area contributed by atoms with Crippen LogP contribution in [-0.2, 0) is 0 Å². The molecule has 3 aromatic rings. The maximum atomic E-state index is 13.9. The largest absolute Gasteiger partial charge is 0.387 e. The Kier molecular flexibility index (Phi) is 4.00. The SMILES string of the molecule is O[C@@H](CN1CCC[C@H]1c1nnc2ccccn12)c1ccccc1F. The molecule has 5 nitrogen and oxygen atoms in total. The number of β-amino-alcohol motifs (C(OH)–C–C–N with tert-alkyl or cyclic N) is 1. The summed E-state index contributed by atoms with van der Waals surface area (Å²) >= 11 is 0. The minimum absolute atomic E-state index is 0.0869.